The first kappa shape index (κ1) is 35.2. The predicted molar refractivity (Wildman–Crippen MR) is 213 cm³/mol. The third kappa shape index (κ3) is 6.46. The largest absolute Gasteiger partial charge is 0.376 e. The maximum absolute atomic E-state index is 15.4. The molecule has 0 spiro atoms. The standard InChI is InChI=1S/C47H60FNOSi/c1-32-26-27-42-40(30-32)43-44(49(42)31-33-18-8-15-25-41(33)48)36-21-11-14-24-39(36)46(43)51(5,29-17-7-6-16-28-50-47(2,3)4)45-37-22-12-9-19-34(37)35-20-10-13-23-38(35)45/h8-15,18-27,30,34-40,42-46H,6-7,16-17,28-29,31H2,1-5H3. The molecule has 3 fully saturated rings. The van der Waals surface area contributed by atoms with Crippen LogP contribution in [0.4, 0.5) is 4.39 Å². The zero-order valence-electron chi connectivity index (χ0n) is 31.6. The number of rotatable bonds is 11. The van der Waals surface area contributed by atoms with Gasteiger partial charge in [0.1, 0.15) is 5.82 Å². The second kappa shape index (κ2) is 14.2. The van der Waals surface area contributed by atoms with Crippen molar-refractivity contribution in [3.05, 3.63) is 132 Å². The fourth-order valence-electron chi connectivity index (χ4n) is 12.4. The van der Waals surface area contributed by atoms with Crippen LogP contribution in [0.25, 0.3) is 0 Å². The van der Waals surface area contributed by atoms with Crippen molar-refractivity contribution in [1.29, 1.82) is 0 Å². The molecule has 8 rings (SSSR count). The number of likely N-dealkylation sites (tertiary alicyclic amines) is 1. The van der Waals surface area contributed by atoms with Crippen molar-refractivity contribution in [1.82, 2.24) is 4.90 Å². The Kier molecular flexibility index (Phi) is 9.82. The van der Waals surface area contributed by atoms with Gasteiger partial charge in [-0.25, -0.2) is 4.39 Å². The lowest BCUT2D eigenvalue weighted by molar-refractivity contribution is -0.00471. The van der Waals surface area contributed by atoms with Gasteiger partial charge in [0.2, 0.25) is 0 Å². The zero-order valence-corrected chi connectivity index (χ0v) is 32.6. The molecule has 12 unspecified atom stereocenters. The van der Waals surface area contributed by atoms with Gasteiger partial charge in [0, 0.05) is 36.7 Å². The fourth-order valence-corrected chi connectivity index (χ4v) is 19.5. The highest BCUT2D eigenvalue weighted by Crippen LogP contribution is 2.69. The van der Waals surface area contributed by atoms with Crippen LogP contribution in [0.5, 0.6) is 0 Å². The molecule has 4 heteroatoms. The summed E-state index contributed by atoms with van der Waals surface area (Å²) in [5.74, 6) is 4.34. The lowest BCUT2D eigenvalue weighted by Crippen LogP contribution is -2.50. The highest BCUT2D eigenvalue weighted by molar-refractivity contribution is 6.82. The molecule has 1 aromatic rings. The monoisotopic (exact) mass is 701 g/mol. The quantitative estimate of drug-likeness (QED) is 0.168. The molecule has 270 valence electrons. The maximum atomic E-state index is 15.4. The summed E-state index contributed by atoms with van der Waals surface area (Å²) in [7, 11) is -2.06. The van der Waals surface area contributed by atoms with Crippen LogP contribution in [-0.2, 0) is 11.3 Å². The average Bonchev–Trinajstić information content (AvgIpc) is 3.74. The number of allylic oxidation sites excluding steroid dienone is 13. The van der Waals surface area contributed by atoms with Crippen LogP contribution in [0.2, 0.25) is 23.7 Å². The Hall–Kier alpha value is -2.79. The summed E-state index contributed by atoms with van der Waals surface area (Å²) >= 11 is 0. The van der Waals surface area contributed by atoms with Crippen molar-refractivity contribution in [2.24, 2.45) is 47.3 Å². The molecule has 6 aliphatic carbocycles. The molecule has 1 saturated heterocycles. The second-order valence-corrected chi connectivity index (χ2v) is 23.0. The smallest absolute Gasteiger partial charge is 0.127 e. The predicted octanol–water partition coefficient (Wildman–Crippen LogP) is 11.4. The highest BCUT2D eigenvalue weighted by Gasteiger charge is 2.67. The van der Waals surface area contributed by atoms with Crippen LogP contribution in [0.3, 0.4) is 0 Å². The van der Waals surface area contributed by atoms with Crippen molar-refractivity contribution in [2.45, 2.75) is 101 Å². The SMILES string of the molecule is CC1=CC2C3C(C4C=CC=CC4C3[Si](C)(CCCCCCOC(C)(C)C)C3C4C=CC=CC4C4C=CC=CC43)N(Cc3ccccc3F)C2C=C1. The fraction of sp³-hybridized carbons (Fsp3) is 0.532. The van der Waals surface area contributed by atoms with Gasteiger partial charge in [0.25, 0.3) is 0 Å². The molecule has 1 heterocycles. The molecule has 0 radical (unpaired) electrons. The molecular weight excluding hydrogens is 642 g/mol. The molecule has 0 N–H and O–H groups in total. The Morgan fingerprint density at radius 1 is 0.706 bits per heavy atom. The van der Waals surface area contributed by atoms with Gasteiger partial charge >= 0.3 is 0 Å². The van der Waals surface area contributed by atoms with Crippen LogP contribution in [0.1, 0.15) is 58.9 Å². The first-order chi connectivity index (χ1) is 24.7. The normalized spacial score (nSPS) is 38.3. The molecule has 12 atom stereocenters. The van der Waals surface area contributed by atoms with E-state index in [0.717, 1.165) is 18.6 Å². The van der Waals surface area contributed by atoms with Crippen LogP contribution < -0.4 is 0 Å². The molecule has 0 aromatic heterocycles. The molecule has 2 nitrogen and oxygen atoms in total. The minimum Gasteiger partial charge on any atom is -0.376 e. The molecule has 0 bridgehead atoms. The number of benzene rings is 1. The van der Waals surface area contributed by atoms with Crippen molar-refractivity contribution in [2.75, 3.05) is 6.61 Å². The van der Waals surface area contributed by atoms with Crippen molar-refractivity contribution < 1.29 is 9.13 Å². The minimum atomic E-state index is -2.06. The Labute approximate surface area is 308 Å². The molecule has 2 saturated carbocycles. The van der Waals surface area contributed by atoms with E-state index in [1.807, 2.05) is 18.2 Å². The van der Waals surface area contributed by atoms with Gasteiger partial charge in [-0.15, -0.1) is 0 Å². The molecule has 1 aliphatic heterocycles. The van der Waals surface area contributed by atoms with Gasteiger partial charge < -0.3 is 4.74 Å². The van der Waals surface area contributed by atoms with Crippen LogP contribution in [-0.4, -0.2) is 37.3 Å². The van der Waals surface area contributed by atoms with E-state index in [9.17, 15) is 0 Å². The number of unbranched alkanes of at least 4 members (excludes halogenated alkanes) is 3. The van der Waals surface area contributed by atoms with Gasteiger partial charge in [0.05, 0.1) is 13.7 Å². The summed E-state index contributed by atoms with van der Waals surface area (Å²) in [6, 6.07) is 9.61. The number of hydrogen-bond donors (Lipinski definition) is 0. The number of halogens is 1. The number of ether oxygens (including phenoxy) is 1. The highest BCUT2D eigenvalue weighted by atomic mass is 28.3. The van der Waals surface area contributed by atoms with Gasteiger partial charge in [-0.2, -0.15) is 0 Å². The number of fused-ring (bicyclic) bond motifs is 8. The summed E-state index contributed by atoms with van der Waals surface area (Å²) < 4.78 is 21.5. The van der Waals surface area contributed by atoms with E-state index in [0.29, 0.717) is 77.1 Å². The Balaban J connectivity index is 1.19. The van der Waals surface area contributed by atoms with E-state index in [-0.39, 0.29) is 11.4 Å². The van der Waals surface area contributed by atoms with Gasteiger partial charge in [0.15, 0.2) is 0 Å². The van der Waals surface area contributed by atoms with E-state index >= 15 is 4.39 Å². The molecule has 0 amide bonds. The van der Waals surface area contributed by atoms with Crippen LogP contribution >= 0.6 is 0 Å². The van der Waals surface area contributed by atoms with E-state index in [2.05, 4.69) is 130 Å². The maximum Gasteiger partial charge on any atom is 0.127 e. The van der Waals surface area contributed by atoms with Gasteiger partial charge in [-0.05, 0) is 92.7 Å². The summed E-state index contributed by atoms with van der Waals surface area (Å²) in [5, 5.41) is 0. The van der Waals surface area contributed by atoms with E-state index in [1.54, 1.807) is 6.07 Å². The molecule has 7 aliphatic rings. The molecule has 51 heavy (non-hydrogen) atoms. The number of nitrogens with zero attached hydrogens (tertiary/aromatic N) is 1. The molecular formula is C47H60FNOSi. The summed E-state index contributed by atoms with van der Waals surface area (Å²) in [5.41, 5.74) is 3.52. The van der Waals surface area contributed by atoms with Crippen molar-refractivity contribution >= 4 is 8.07 Å². The first-order valence-corrected chi connectivity index (χ1v) is 23.1. The van der Waals surface area contributed by atoms with Crippen LogP contribution in [0.15, 0.2) is 121 Å². The van der Waals surface area contributed by atoms with Crippen molar-refractivity contribution in [3.63, 3.8) is 0 Å². The summed E-state index contributed by atoms with van der Waals surface area (Å²) in [4.78, 5) is 2.76. The summed E-state index contributed by atoms with van der Waals surface area (Å²) in [6.07, 6.45) is 42.1. The van der Waals surface area contributed by atoms with Crippen LogP contribution in [0, 0.1) is 53.2 Å². The third-order valence-corrected chi connectivity index (χ3v) is 20.2. The van der Waals surface area contributed by atoms with E-state index < -0.39 is 8.07 Å². The lowest BCUT2D eigenvalue weighted by Gasteiger charge is -2.49. The second-order valence-electron chi connectivity index (χ2n) is 18.1. The Morgan fingerprint density at radius 3 is 1.94 bits per heavy atom. The molecule has 1 aromatic carbocycles. The first-order valence-electron chi connectivity index (χ1n) is 20.2. The third-order valence-electron chi connectivity index (χ3n) is 14.2. The number of hydrogen-bond acceptors (Lipinski definition) is 2. The average molecular weight is 702 g/mol. The Morgan fingerprint density at radius 2 is 1.29 bits per heavy atom. The van der Waals surface area contributed by atoms with E-state index in [4.69, 9.17) is 4.74 Å². The van der Waals surface area contributed by atoms with E-state index in [1.165, 1.54) is 30.9 Å². The lowest BCUT2D eigenvalue weighted by atomic mass is 9.82. The minimum absolute atomic E-state index is 0.0666. The van der Waals surface area contributed by atoms with Crippen molar-refractivity contribution in [3.8, 4) is 0 Å². The topological polar surface area (TPSA) is 12.5 Å². The zero-order chi connectivity index (χ0) is 35.3. The summed E-state index contributed by atoms with van der Waals surface area (Å²) in [6.45, 7) is 13.2. The van der Waals surface area contributed by atoms with Gasteiger partial charge in [-0.1, -0.05) is 147 Å². The van der Waals surface area contributed by atoms with Gasteiger partial charge in [-0.3, -0.25) is 4.90 Å². The Bertz CT molecular complexity index is 1660.